The molecule has 0 spiro atoms. The number of carbonyl (C=O) groups excluding carboxylic acids is 1. The van der Waals surface area contributed by atoms with Gasteiger partial charge in [-0.05, 0) is 61.4 Å². The highest BCUT2D eigenvalue weighted by molar-refractivity contribution is 6.31. The predicted octanol–water partition coefficient (Wildman–Crippen LogP) is 4.64. The molecule has 23 heavy (non-hydrogen) atoms. The highest BCUT2D eigenvalue weighted by Crippen LogP contribution is 2.16. The molecule has 0 radical (unpaired) electrons. The lowest BCUT2D eigenvalue weighted by Crippen LogP contribution is -2.25. The fourth-order valence-electron chi connectivity index (χ4n) is 2.51. The van der Waals surface area contributed by atoms with Crippen LogP contribution < -0.4 is 5.32 Å². The number of hydrogen-bond donors (Lipinski definition) is 1. The highest BCUT2D eigenvalue weighted by Gasteiger charge is 2.04. The topological polar surface area (TPSA) is 29.1 Å². The maximum absolute atomic E-state index is 11.9. The van der Waals surface area contributed by atoms with Crippen molar-refractivity contribution in [3.8, 4) is 0 Å². The summed E-state index contributed by atoms with van der Waals surface area (Å²) >= 11 is 6.12. The monoisotopic (exact) mass is 329 g/mol. The van der Waals surface area contributed by atoms with E-state index in [0.717, 1.165) is 29.8 Å². The van der Waals surface area contributed by atoms with Crippen LogP contribution in [0.3, 0.4) is 0 Å². The molecule has 0 atom stereocenters. The Morgan fingerprint density at radius 1 is 1.04 bits per heavy atom. The zero-order chi connectivity index (χ0) is 16.7. The number of rotatable bonds is 7. The summed E-state index contributed by atoms with van der Waals surface area (Å²) in [6.07, 6.45) is 3.11. The largest absolute Gasteiger partial charge is 0.356 e. The second-order valence-corrected chi connectivity index (χ2v) is 6.37. The van der Waals surface area contributed by atoms with Gasteiger partial charge in [0.15, 0.2) is 0 Å². The molecule has 2 nitrogen and oxygen atoms in total. The molecule has 2 aromatic rings. The quantitative estimate of drug-likeness (QED) is 0.737. The van der Waals surface area contributed by atoms with Crippen LogP contribution in [0, 0.1) is 13.8 Å². The van der Waals surface area contributed by atoms with Crippen LogP contribution >= 0.6 is 11.6 Å². The molecular weight excluding hydrogens is 306 g/mol. The Balaban J connectivity index is 1.67. The van der Waals surface area contributed by atoms with Gasteiger partial charge in [0.25, 0.3) is 0 Å². The maximum Gasteiger partial charge on any atom is 0.220 e. The van der Waals surface area contributed by atoms with Gasteiger partial charge in [-0.15, -0.1) is 0 Å². The molecule has 2 rings (SSSR count). The Labute approximate surface area is 143 Å². The van der Waals surface area contributed by atoms with Crippen molar-refractivity contribution >= 4 is 17.5 Å². The third-order valence-corrected chi connectivity index (χ3v) is 4.48. The molecule has 0 heterocycles. The molecule has 0 fully saturated rings. The van der Waals surface area contributed by atoms with Gasteiger partial charge in [0.2, 0.25) is 5.91 Å². The Hall–Kier alpha value is -1.80. The maximum atomic E-state index is 11.9. The molecule has 0 bridgehead atoms. The first-order valence-corrected chi connectivity index (χ1v) is 8.50. The molecule has 0 saturated heterocycles. The fourth-order valence-corrected chi connectivity index (χ4v) is 2.74. The molecule has 0 aliphatic rings. The first-order valence-electron chi connectivity index (χ1n) is 8.12. The molecule has 122 valence electrons. The van der Waals surface area contributed by atoms with Crippen LogP contribution in [-0.2, 0) is 17.6 Å². The molecule has 1 N–H and O–H groups in total. The number of amides is 1. The van der Waals surface area contributed by atoms with E-state index in [1.54, 1.807) is 0 Å². The Bertz CT molecular complexity index is 666. The second-order valence-electron chi connectivity index (χ2n) is 5.96. The Morgan fingerprint density at radius 2 is 1.83 bits per heavy atom. The number of aryl methyl sites for hydroxylation is 4. The van der Waals surface area contributed by atoms with Crippen LogP contribution in [-0.4, -0.2) is 12.5 Å². The number of nitrogens with one attached hydrogen (secondary N) is 1. The number of hydrogen-bond acceptors (Lipinski definition) is 1. The number of benzene rings is 2. The van der Waals surface area contributed by atoms with Crippen molar-refractivity contribution in [2.45, 2.75) is 39.5 Å². The van der Waals surface area contributed by atoms with Gasteiger partial charge in [0.05, 0.1) is 0 Å². The lowest BCUT2D eigenvalue weighted by molar-refractivity contribution is -0.121. The average Bonchev–Trinajstić information content (AvgIpc) is 2.54. The van der Waals surface area contributed by atoms with Gasteiger partial charge < -0.3 is 5.32 Å². The van der Waals surface area contributed by atoms with Gasteiger partial charge in [0.1, 0.15) is 0 Å². The van der Waals surface area contributed by atoms with E-state index in [-0.39, 0.29) is 5.91 Å². The van der Waals surface area contributed by atoms with E-state index in [4.69, 9.17) is 11.6 Å². The van der Waals surface area contributed by atoms with Gasteiger partial charge in [-0.3, -0.25) is 4.79 Å². The van der Waals surface area contributed by atoms with Crippen LogP contribution in [0.2, 0.25) is 5.02 Å². The van der Waals surface area contributed by atoms with Crippen LogP contribution in [0.25, 0.3) is 0 Å². The third kappa shape index (κ3) is 5.72. The average molecular weight is 330 g/mol. The zero-order valence-corrected chi connectivity index (χ0v) is 14.6. The van der Waals surface area contributed by atoms with E-state index in [0.29, 0.717) is 13.0 Å². The summed E-state index contributed by atoms with van der Waals surface area (Å²) in [5.41, 5.74) is 4.93. The number of halogens is 1. The summed E-state index contributed by atoms with van der Waals surface area (Å²) in [7, 11) is 0. The minimum absolute atomic E-state index is 0.113. The van der Waals surface area contributed by atoms with Gasteiger partial charge in [0, 0.05) is 18.0 Å². The van der Waals surface area contributed by atoms with Crippen molar-refractivity contribution in [3.05, 3.63) is 69.7 Å². The summed E-state index contributed by atoms with van der Waals surface area (Å²) in [6, 6.07) is 14.2. The highest BCUT2D eigenvalue weighted by atomic mass is 35.5. The van der Waals surface area contributed by atoms with Crippen molar-refractivity contribution in [1.82, 2.24) is 5.32 Å². The number of carbonyl (C=O) groups is 1. The summed E-state index contributed by atoms with van der Waals surface area (Å²) in [4.78, 5) is 11.9. The van der Waals surface area contributed by atoms with Crippen LogP contribution in [0.1, 0.15) is 35.1 Å². The molecule has 2 aromatic carbocycles. The SMILES string of the molecule is Cc1ccc(CCC(=O)NCCCc2ccccc2Cl)cc1C. The van der Waals surface area contributed by atoms with E-state index in [2.05, 4.69) is 37.4 Å². The van der Waals surface area contributed by atoms with Crippen molar-refractivity contribution < 1.29 is 4.79 Å². The lowest BCUT2D eigenvalue weighted by atomic mass is 10.0. The van der Waals surface area contributed by atoms with Crippen LogP contribution in [0.4, 0.5) is 0 Å². The van der Waals surface area contributed by atoms with E-state index < -0.39 is 0 Å². The predicted molar refractivity (Wildman–Crippen MR) is 97.0 cm³/mol. The molecule has 0 unspecified atom stereocenters. The molecule has 0 aromatic heterocycles. The Morgan fingerprint density at radius 3 is 2.57 bits per heavy atom. The lowest BCUT2D eigenvalue weighted by Gasteiger charge is -2.08. The van der Waals surface area contributed by atoms with Gasteiger partial charge in [-0.2, -0.15) is 0 Å². The standard InChI is InChI=1S/C20H24ClNO/c1-15-9-10-17(14-16(15)2)11-12-20(23)22-13-5-7-18-6-3-4-8-19(18)21/h3-4,6,8-10,14H,5,7,11-13H2,1-2H3,(H,22,23). The molecule has 0 aliphatic carbocycles. The first-order chi connectivity index (χ1) is 11.1. The minimum Gasteiger partial charge on any atom is -0.356 e. The van der Waals surface area contributed by atoms with Crippen molar-refractivity contribution in [2.24, 2.45) is 0 Å². The van der Waals surface area contributed by atoms with E-state index in [9.17, 15) is 4.79 Å². The molecule has 0 saturated carbocycles. The van der Waals surface area contributed by atoms with Gasteiger partial charge in [-0.25, -0.2) is 0 Å². The van der Waals surface area contributed by atoms with Gasteiger partial charge >= 0.3 is 0 Å². The minimum atomic E-state index is 0.113. The second kappa shape index (κ2) is 8.73. The Kier molecular flexibility index (Phi) is 6.66. The summed E-state index contributed by atoms with van der Waals surface area (Å²) in [6.45, 7) is 4.90. The molecule has 1 amide bonds. The van der Waals surface area contributed by atoms with Gasteiger partial charge in [-0.1, -0.05) is 48.0 Å². The summed E-state index contributed by atoms with van der Waals surface area (Å²) < 4.78 is 0. The smallest absolute Gasteiger partial charge is 0.220 e. The first kappa shape index (κ1) is 17.6. The third-order valence-electron chi connectivity index (χ3n) is 4.11. The zero-order valence-electron chi connectivity index (χ0n) is 13.9. The summed E-state index contributed by atoms with van der Waals surface area (Å²) in [5, 5.41) is 3.79. The van der Waals surface area contributed by atoms with Crippen LogP contribution in [0.5, 0.6) is 0 Å². The van der Waals surface area contributed by atoms with E-state index in [1.807, 2.05) is 24.3 Å². The fraction of sp³-hybridized carbons (Fsp3) is 0.350. The van der Waals surface area contributed by atoms with Crippen molar-refractivity contribution in [3.63, 3.8) is 0 Å². The van der Waals surface area contributed by atoms with E-state index >= 15 is 0 Å². The van der Waals surface area contributed by atoms with Crippen LogP contribution in [0.15, 0.2) is 42.5 Å². The normalized spacial score (nSPS) is 10.6. The molecular formula is C20H24ClNO. The van der Waals surface area contributed by atoms with Crippen molar-refractivity contribution in [1.29, 1.82) is 0 Å². The van der Waals surface area contributed by atoms with E-state index in [1.165, 1.54) is 16.7 Å². The molecule has 3 heteroatoms. The molecule has 0 aliphatic heterocycles. The van der Waals surface area contributed by atoms with Crippen molar-refractivity contribution in [2.75, 3.05) is 6.54 Å². The summed E-state index contributed by atoms with van der Waals surface area (Å²) in [5.74, 6) is 0.113.